The largest absolute Gasteiger partial charge is 0.456 e. The predicted octanol–water partition coefficient (Wildman–Crippen LogP) is -5.56. The van der Waals surface area contributed by atoms with Gasteiger partial charge in [-0.3, -0.25) is 33.6 Å². The lowest BCUT2D eigenvalue weighted by Gasteiger charge is -2.34. The molecule has 2 aliphatic heterocycles. The summed E-state index contributed by atoms with van der Waals surface area (Å²) in [5.41, 5.74) is 5.81. The molecule has 0 saturated carbocycles. The Morgan fingerprint density at radius 2 is 1.92 bits per heavy atom. The number of carbonyl (C=O) groups excluding carboxylic acids is 3. The summed E-state index contributed by atoms with van der Waals surface area (Å²) in [7, 11) is 2.37. The standard InChI is InChI=1S/C20H27N5O13/c1-34-14-12(30)13(37-18(14)25-4-3-9(27)23-20(25)33)15(16(21)31)38-19-11(29)7(26)5-8(36-19)17(32)22-6-10(28)24-35-2/h3-5,7,11-15,18-19,26,29-30H,6H2,1-2H3,(H2,21,31)(H,22,32)(H,24,28)(H,23,27,33). The molecular formula is C20H27N5O13. The van der Waals surface area contributed by atoms with Crippen LogP contribution in [0.15, 0.2) is 33.7 Å². The average molecular weight is 545 g/mol. The van der Waals surface area contributed by atoms with Gasteiger partial charge < -0.3 is 45.3 Å². The molecule has 38 heavy (non-hydrogen) atoms. The van der Waals surface area contributed by atoms with Crippen LogP contribution >= 0.6 is 0 Å². The molecule has 0 aromatic carbocycles. The topological polar surface area (TPSA) is 263 Å². The van der Waals surface area contributed by atoms with Gasteiger partial charge >= 0.3 is 5.69 Å². The second-order valence-electron chi connectivity index (χ2n) is 8.07. The molecule has 1 aromatic heterocycles. The van der Waals surface area contributed by atoms with Crippen LogP contribution in [0.4, 0.5) is 0 Å². The van der Waals surface area contributed by atoms with Crippen LogP contribution in [0.3, 0.4) is 0 Å². The second-order valence-corrected chi connectivity index (χ2v) is 8.07. The number of rotatable bonds is 10. The highest BCUT2D eigenvalue weighted by Gasteiger charge is 2.52. The van der Waals surface area contributed by atoms with E-state index in [1.807, 2.05) is 10.5 Å². The van der Waals surface area contributed by atoms with E-state index < -0.39 is 90.4 Å². The number of ether oxygens (including phenoxy) is 4. The molecule has 0 spiro atoms. The summed E-state index contributed by atoms with van der Waals surface area (Å²) in [5, 5.41) is 33.5. The van der Waals surface area contributed by atoms with Gasteiger partial charge in [-0.05, 0) is 6.08 Å². The number of nitrogens with one attached hydrogen (secondary N) is 3. The Kier molecular flexibility index (Phi) is 9.33. The normalized spacial score (nSPS) is 29.6. The van der Waals surface area contributed by atoms with Crippen molar-refractivity contribution in [3.63, 3.8) is 0 Å². The molecule has 3 amide bonds. The van der Waals surface area contributed by atoms with Crippen molar-refractivity contribution in [1.29, 1.82) is 0 Å². The Morgan fingerprint density at radius 3 is 2.53 bits per heavy atom. The summed E-state index contributed by atoms with van der Waals surface area (Å²) < 4.78 is 22.5. The molecule has 8 unspecified atom stereocenters. The molecule has 2 aliphatic rings. The van der Waals surface area contributed by atoms with Gasteiger partial charge in [-0.15, -0.1) is 0 Å². The van der Waals surface area contributed by atoms with Gasteiger partial charge in [0.1, 0.15) is 30.5 Å². The van der Waals surface area contributed by atoms with Crippen molar-refractivity contribution in [3.05, 3.63) is 44.9 Å². The summed E-state index contributed by atoms with van der Waals surface area (Å²) in [5.74, 6) is -3.47. The van der Waals surface area contributed by atoms with Gasteiger partial charge in [-0.1, -0.05) is 0 Å². The number of hydrogen-bond donors (Lipinski definition) is 7. The maximum atomic E-state index is 12.4. The zero-order valence-electron chi connectivity index (χ0n) is 20.0. The lowest BCUT2D eigenvalue weighted by Crippen LogP contribution is -2.53. The summed E-state index contributed by atoms with van der Waals surface area (Å²) in [6, 6.07) is 1.02. The molecule has 3 heterocycles. The van der Waals surface area contributed by atoms with Crippen LogP contribution in [-0.4, -0.2) is 106 Å². The fourth-order valence-electron chi connectivity index (χ4n) is 3.77. The van der Waals surface area contributed by atoms with E-state index in [9.17, 15) is 39.3 Å². The van der Waals surface area contributed by atoms with E-state index in [0.717, 1.165) is 22.9 Å². The molecule has 18 nitrogen and oxygen atoms in total. The van der Waals surface area contributed by atoms with E-state index in [-0.39, 0.29) is 0 Å². The number of methoxy groups -OCH3 is 1. The summed E-state index contributed by atoms with van der Waals surface area (Å²) in [4.78, 5) is 66.2. The fraction of sp³-hybridized carbons (Fsp3) is 0.550. The number of aromatic amines is 1. The molecule has 0 aliphatic carbocycles. The first-order valence-corrected chi connectivity index (χ1v) is 11.0. The average Bonchev–Trinajstić information content (AvgIpc) is 3.18. The van der Waals surface area contributed by atoms with E-state index in [1.165, 1.54) is 14.2 Å². The van der Waals surface area contributed by atoms with Gasteiger partial charge in [0.2, 0.25) is 12.2 Å². The minimum atomic E-state index is -1.88. The maximum Gasteiger partial charge on any atom is 0.330 e. The van der Waals surface area contributed by atoms with Crippen molar-refractivity contribution in [1.82, 2.24) is 20.3 Å². The van der Waals surface area contributed by atoms with E-state index in [2.05, 4.69) is 10.2 Å². The zero-order valence-corrected chi connectivity index (χ0v) is 20.0. The minimum absolute atomic E-state index is 0.534. The number of aromatic nitrogens is 2. The quantitative estimate of drug-likeness (QED) is 0.135. The maximum absolute atomic E-state index is 12.4. The Hall–Kier alpha value is -3.65. The molecule has 1 fully saturated rings. The Labute approximate surface area is 212 Å². The number of hydroxylamine groups is 1. The molecule has 8 atom stereocenters. The Bertz CT molecular complexity index is 1180. The smallest absolute Gasteiger partial charge is 0.330 e. The van der Waals surface area contributed by atoms with Crippen molar-refractivity contribution in [2.75, 3.05) is 20.8 Å². The molecule has 1 saturated heterocycles. The van der Waals surface area contributed by atoms with E-state index in [4.69, 9.17) is 24.7 Å². The highest BCUT2D eigenvalue weighted by Crippen LogP contribution is 2.34. The first-order chi connectivity index (χ1) is 18.0. The highest BCUT2D eigenvalue weighted by molar-refractivity contribution is 5.94. The molecule has 0 bridgehead atoms. The third-order valence-corrected chi connectivity index (χ3v) is 5.55. The van der Waals surface area contributed by atoms with Gasteiger partial charge in [0.05, 0.1) is 13.7 Å². The van der Waals surface area contributed by atoms with Crippen LogP contribution in [0.25, 0.3) is 0 Å². The number of carbonyl (C=O) groups is 3. The summed E-state index contributed by atoms with van der Waals surface area (Å²) in [6.07, 6.45) is -11.2. The van der Waals surface area contributed by atoms with Gasteiger partial charge in [0.25, 0.3) is 17.4 Å². The molecule has 3 rings (SSSR count). The lowest BCUT2D eigenvalue weighted by molar-refractivity contribution is -0.240. The van der Waals surface area contributed by atoms with E-state index in [1.54, 1.807) is 0 Å². The predicted molar refractivity (Wildman–Crippen MR) is 119 cm³/mol. The van der Waals surface area contributed by atoms with Gasteiger partial charge in [-0.25, -0.2) is 10.3 Å². The van der Waals surface area contributed by atoms with Crippen molar-refractivity contribution >= 4 is 17.7 Å². The minimum Gasteiger partial charge on any atom is -0.456 e. The molecule has 18 heteroatoms. The monoisotopic (exact) mass is 545 g/mol. The van der Waals surface area contributed by atoms with Crippen molar-refractivity contribution in [2.45, 2.75) is 49.1 Å². The van der Waals surface area contributed by atoms with Crippen LogP contribution in [0.5, 0.6) is 0 Å². The van der Waals surface area contributed by atoms with Gasteiger partial charge in [0.15, 0.2) is 18.1 Å². The van der Waals surface area contributed by atoms with Crippen LogP contribution in [0.2, 0.25) is 0 Å². The van der Waals surface area contributed by atoms with Gasteiger partial charge in [-0.2, -0.15) is 0 Å². The van der Waals surface area contributed by atoms with Crippen molar-refractivity contribution < 1.29 is 53.5 Å². The van der Waals surface area contributed by atoms with Gasteiger partial charge in [0, 0.05) is 19.4 Å². The number of aliphatic hydroxyl groups excluding tert-OH is 3. The Balaban J connectivity index is 1.79. The first kappa shape index (κ1) is 28.9. The summed E-state index contributed by atoms with van der Waals surface area (Å²) in [6.45, 7) is -0.534. The molecular weight excluding hydrogens is 518 g/mol. The number of H-pyrrole nitrogens is 1. The molecule has 210 valence electrons. The highest BCUT2D eigenvalue weighted by atomic mass is 16.7. The van der Waals surface area contributed by atoms with Crippen LogP contribution in [0, 0.1) is 0 Å². The third-order valence-electron chi connectivity index (χ3n) is 5.55. The zero-order chi connectivity index (χ0) is 28.1. The molecule has 0 radical (unpaired) electrons. The number of amides is 3. The van der Waals surface area contributed by atoms with Crippen molar-refractivity contribution in [2.24, 2.45) is 5.73 Å². The first-order valence-electron chi connectivity index (χ1n) is 11.0. The Morgan fingerprint density at radius 1 is 1.21 bits per heavy atom. The second kappa shape index (κ2) is 12.3. The fourth-order valence-corrected chi connectivity index (χ4v) is 3.77. The number of primary amides is 1. The van der Waals surface area contributed by atoms with Crippen LogP contribution in [-0.2, 0) is 38.2 Å². The lowest BCUT2D eigenvalue weighted by atomic mass is 10.0. The number of nitrogens with two attached hydrogens (primary N) is 1. The van der Waals surface area contributed by atoms with E-state index in [0.29, 0.717) is 0 Å². The van der Waals surface area contributed by atoms with E-state index >= 15 is 0 Å². The molecule has 1 aromatic rings. The number of hydrogen-bond acceptors (Lipinski definition) is 13. The summed E-state index contributed by atoms with van der Waals surface area (Å²) >= 11 is 0. The third kappa shape index (κ3) is 6.25. The number of nitrogens with zero attached hydrogens (tertiary/aromatic N) is 1. The number of aliphatic hydroxyl groups is 3. The van der Waals surface area contributed by atoms with Crippen LogP contribution < -0.4 is 27.8 Å². The van der Waals surface area contributed by atoms with Crippen LogP contribution in [0.1, 0.15) is 6.23 Å². The SMILES string of the molecule is CONC(=O)CNC(=O)C1=CC(O)C(O)C(OC(C(N)=O)C2OC(n3ccc(=O)[nH]c3=O)C(OC)C2O)O1. The molecule has 8 N–H and O–H groups in total. The van der Waals surface area contributed by atoms with Crippen molar-refractivity contribution in [3.8, 4) is 0 Å².